The van der Waals surface area contributed by atoms with E-state index in [1.165, 1.54) is 6.07 Å². The van der Waals surface area contributed by atoms with Crippen molar-refractivity contribution in [3.05, 3.63) is 38.4 Å². The van der Waals surface area contributed by atoms with Gasteiger partial charge in [-0.1, -0.05) is 11.6 Å². The number of ketones is 1. The molecule has 0 N–H and O–H groups in total. The van der Waals surface area contributed by atoms with Crippen LogP contribution in [0.1, 0.15) is 22.8 Å². The standard InChI is InChI=1S/C9H5ClN2O3/c1-5(13)8-7(12(14)15)3-2-6(4-11)9(8)10/h2-3H,1H3. The van der Waals surface area contributed by atoms with Crippen LogP contribution < -0.4 is 0 Å². The maximum absolute atomic E-state index is 11.2. The van der Waals surface area contributed by atoms with Crippen LogP contribution in [0.25, 0.3) is 0 Å². The molecule has 1 aromatic carbocycles. The van der Waals surface area contributed by atoms with E-state index in [1.807, 2.05) is 0 Å². The Morgan fingerprint density at radius 3 is 2.60 bits per heavy atom. The van der Waals surface area contributed by atoms with Crippen LogP contribution in [-0.2, 0) is 0 Å². The molecule has 0 amide bonds. The monoisotopic (exact) mass is 224 g/mol. The largest absolute Gasteiger partial charge is 0.294 e. The van der Waals surface area contributed by atoms with Crippen molar-refractivity contribution in [2.24, 2.45) is 0 Å². The Balaban J connectivity index is 3.60. The average molecular weight is 225 g/mol. The lowest BCUT2D eigenvalue weighted by molar-refractivity contribution is -0.385. The van der Waals surface area contributed by atoms with Gasteiger partial charge in [-0.15, -0.1) is 0 Å². The van der Waals surface area contributed by atoms with Crippen molar-refractivity contribution in [1.82, 2.24) is 0 Å². The molecule has 0 heterocycles. The van der Waals surface area contributed by atoms with E-state index in [-0.39, 0.29) is 21.8 Å². The molecule has 1 aromatic rings. The van der Waals surface area contributed by atoms with Crippen molar-refractivity contribution in [1.29, 1.82) is 5.26 Å². The van der Waals surface area contributed by atoms with Gasteiger partial charge in [-0.25, -0.2) is 0 Å². The highest BCUT2D eigenvalue weighted by Gasteiger charge is 2.22. The second-order valence-corrected chi connectivity index (χ2v) is 3.12. The summed E-state index contributed by atoms with van der Waals surface area (Å²) in [5.74, 6) is -0.538. The lowest BCUT2D eigenvalue weighted by Gasteiger charge is -2.02. The number of nitrogens with zero attached hydrogens (tertiary/aromatic N) is 2. The zero-order valence-electron chi connectivity index (χ0n) is 7.65. The number of benzene rings is 1. The van der Waals surface area contributed by atoms with Gasteiger partial charge in [0.1, 0.15) is 11.6 Å². The van der Waals surface area contributed by atoms with Gasteiger partial charge in [-0.2, -0.15) is 5.26 Å². The molecule has 0 aliphatic rings. The second kappa shape index (κ2) is 4.07. The van der Waals surface area contributed by atoms with Crippen LogP contribution in [0.5, 0.6) is 0 Å². The highest BCUT2D eigenvalue weighted by Crippen LogP contribution is 2.29. The number of rotatable bonds is 2. The Morgan fingerprint density at radius 1 is 1.60 bits per heavy atom. The van der Waals surface area contributed by atoms with E-state index in [9.17, 15) is 14.9 Å². The number of hydrogen-bond acceptors (Lipinski definition) is 4. The molecule has 0 aliphatic heterocycles. The fourth-order valence-corrected chi connectivity index (χ4v) is 1.47. The van der Waals surface area contributed by atoms with Crippen molar-refractivity contribution in [3.8, 4) is 6.07 Å². The minimum absolute atomic E-state index is 0.0486. The molecule has 0 radical (unpaired) electrons. The molecule has 0 saturated carbocycles. The average Bonchev–Trinajstić information content (AvgIpc) is 2.16. The molecular weight excluding hydrogens is 220 g/mol. The van der Waals surface area contributed by atoms with Gasteiger partial charge in [-0.05, 0) is 13.0 Å². The van der Waals surface area contributed by atoms with Crippen LogP contribution in [0.3, 0.4) is 0 Å². The van der Waals surface area contributed by atoms with Crippen LogP contribution in [0, 0.1) is 21.4 Å². The fraction of sp³-hybridized carbons (Fsp3) is 0.111. The number of nitro groups is 1. The van der Waals surface area contributed by atoms with Crippen molar-refractivity contribution in [2.75, 3.05) is 0 Å². The van der Waals surface area contributed by atoms with Gasteiger partial charge < -0.3 is 0 Å². The molecule has 0 spiro atoms. The summed E-state index contributed by atoms with van der Waals surface area (Å²) >= 11 is 5.71. The smallest absolute Gasteiger partial charge is 0.281 e. The van der Waals surface area contributed by atoms with E-state index in [4.69, 9.17) is 16.9 Å². The Bertz CT molecular complexity index is 491. The second-order valence-electron chi connectivity index (χ2n) is 2.75. The van der Waals surface area contributed by atoms with Crippen molar-refractivity contribution in [2.45, 2.75) is 6.92 Å². The molecule has 0 bridgehead atoms. The van der Waals surface area contributed by atoms with Gasteiger partial charge >= 0.3 is 0 Å². The molecule has 0 aromatic heterocycles. The van der Waals surface area contributed by atoms with Crippen molar-refractivity contribution >= 4 is 23.1 Å². The minimum atomic E-state index is -0.705. The van der Waals surface area contributed by atoms with Crippen molar-refractivity contribution < 1.29 is 9.72 Å². The van der Waals surface area contributed by atoms with E-state index in [0.29, 0.717) is 0 Å². The lowest BCUT2D eigenvalue weighted by atomic mass is 10.1. The Kier molecular flexibility index (Phi) is 3.02. The third kappa shape index (κ3) is 1.95. The quantitative estimate of drug-likeness (QED) is 0.438. The topological polar surface area (TPSA) is 84.0 Å². The van der Waals surface area contributed by atoms with E-state index in [2.05, 4.69) is 0 Å². The van der Waals surface area contributed by atoms with E-state index in [0.717, 1.165) is 13.0 Å². The molecule has 6 heteroatoms. The zero-order valence-corrected chi connectivity index (χ0v) is 8.41. The summed E-state index contributed by atoms with van der Waals surface area (Å²) in [5, 5.41) is 19.1. The summed E-state index contributed by atoms with van der Waals surface area (Å²) in [5.41, 5.74) is -0.556. The van der Waals surface area contributed by atoms with Gasteiger partial charge in [0.25, 0.3) is 5.69 Å². The fourth-order valence-electron chi connectivity index (χ4n) is 1.14. The Labute approximate surface area is 90.0 Å². The molecule has 1 rings (SSSR count). The summed E-state index contributed by atoms with van der Waals surface area (Å²) in [6.07, 6.45) is 0. The number of nitro benzene ring substituents is 1. The third-order valence-corrected chi connectivity index (χ3v) is 2.18. The predicted octanol–water partition coefficient (Wildman–Crippen LogP) is 2.32. The van der Waals surface area contributed by atoms with E-state index < -0.39 is 10.7 Å². The molecule has 5 nitrogen and oxygen atoms in total. The molecule has 0 saturated heterocycles. The normalized spacial score (nSPS) is 9.40. The minimum Gasteiger partial charge on any atom is -0.294 e. The first-order valence-corrected chi connectivity index (χ1v) is 4.24. The van der Waals surface area contributed by atoms with E-state index >= 15 is 0 Å². The van der Waals surface area contributed by atoms with Crippen LogP contribution in [-0.4, -0.2) is 10.7 Å². The summed E-state index contributed by atoms with van der Waals surface area (Å²) in [6.45, 7) is 1.16. The van der Waals surface area contributed by atoms with Crippen LogP contribution >= 0.6 is 11.6 Å². The van der Waals surface area contributed by atoms with E-state index in [1.54, 1.807) is 6.07 Å². The van der Waals surface area contributed by atoms with Crippen molar-refractivity contribution in [3.63, 3.8) is 0 Å². The van der Waals surface area contributed by atoms with Gasteiger partial charge in [0.15, 0.2) is 5.78 Å². The highest BCUT2D eigenvalue weighted by atomic mass is 35.5. The molecule has 0 fully saturated rings. The first-order chi connectivity index (χ1) is 6.99. The first-order valence-electron chi connectivity index (χ1n) is 3.87. The molecule has 76 valence electrons. The van der Waals surface area contributed by atoms with Gasteiger partial charge in [-0.3, -0.25) is 14.9 Å². The maximum Gasteiger partial charge on any atom is 0.281 e. The third-order valence-electron chi connectivity index (χ3n) is 1.79. The highest BCUT2D eigenvalue weighted by molar-refractivity contribution is 6.35. The maximum atomic E-state index is 11.2. The Hall–Kier alpha value is -1.93. The predicted molar refractivity (Wildman–Crippen MR) is 52.8 cm³/mol. The molecule has 0 aliphatic carbocycles. The number of carbonyl (C=O) groups is 1. The summed E-state index contributed by atoms with van der Waals surface area (Å²) < 4.78 is 0. The number of nitriles is 1. The van der Waals surface area contributed by atoms with Gasteiger partial charge in [0.05, 0.1) is 15.5 Å². The van der Waals surface area contributed by atoms with Crippen LogP contribution in [0.4, 0.5) is 5.69 Å². The number of hydrogen-bond donors (Lipinski definition) is 0. The number of Topliss-reactive ketones (excluding diaryl/α,β-unsaturated/α-hetero) is 1. The molecule has 15 heavy (non-hydrogen) atoms. The first kappa shape index (κ1) is 11.1. The lowest BCUT2D eigenvalue weighted by Crippen LogP contribution is -2.02. The number of halogens is 1. The summed E-state index contributed by atoms with van der Waals surface area (Å²) in [6, 6.07) is 4.06. The zero-order chi connectivity index (χ0) is 11.6. The molecule has 0 unspecified atom stereocenters. The number of carbonyl (C=O) groups excluding carboxylic acids is 1. The molecular formula is C9H5ClN2O3. The van der Waals surface area contributed by atoms with Gasteiger partial charge in [0, 0.05) is 6.07 Å². The van der Waals surface area contributed by atoms with Gasteiger partial charge in [0.2, 0.25) is 0 Å². The summed E-state index contributed by atoms with van der Waals surface area (Å²) in [7, 11) is 0. The SMILES string of the molecule is CC(=O)c1c([N+](=O)[O-])ccc(C#N)c1Cl. The summed E-state index contributed by atoms with van der Waals surface area (Å²) in [4.78, 5) is 21.0. The van der Waals surface area contributed by atoms with Crippen LogP contribution in [0.15, 0.2) is 12.1 Å². The van der Waals surface area contributed by atoms with Crippen LogP contribution in [0.2, 0.25) is 5.02 Å². The molecule has 0 atom stereocenters. The Morgan fingerprint density at radius 2 is 2.20 bits per heavy atom.